The molecule has 2 aliphatic rings. The Morgan fingerprint density at radius 1 is 0.969 bits per heavy atom. The Morgan fingerprint density at radius 3 is 2.34 bits per heavy atom. The summed E-state index contributed by atoms with van der Waals surface area (Å²) in [5.41, 5.74) is 1.97. The van der Waals surface area contributed by atoms with E-state index in [0.29, 0.717) is 50.5 Å². The number of pyridine rings is 1. The molecule has 0 radical (unpaired) electrons. The van der Waals surface area contributed by atoms with Crippen molar-refractivity contribution in [3.05, 3.63) is 54.4 Å². The molecular formula is C24H27N3O5. The van der Waals surface area contributed by atoms with E-state index in [1.54, 1.807) is 20.4 Å². The number of methoxy groups -OCH3 is 2. The van der Waals surface area contributed by atoms with E-state index in [9.17, 15) is 5.11 Å². The minimum atomic E-state index is -1.07. The van der Waals surface area contributed by atoms with Crippen molar-refractivity contribution >= 4 is 0 Å². The molecule has 1 saturated heterocycles. The number of hydrogen-bond donors (Lipinski definition) is 1. The highest BCUT2D eigenvalue weighted by molar-refractivity contribution is 5.68. The molecule has 1 aromatic carbocycles. The summed E-state index contributed by atoms with van der Waals surface area (Å²) >= 11 is 0. The molecule has 1 spiro atoms. The predicted molar refractivity (Wildman–Crippen MR) is 117 cm³/mol. The highest BCUT2D eigenvalue weighted by atomic mass is 16.7. The second kappa shape index (κ2) is 8.20. The summed E-state index contributed by atoms with van der Waals surface area (Å²) in [7, 11) is 3.23. The van der Waals surface area contributed by atoms with E-state index < -0.39 is 11.4 Å². The van der Waals surface area contributed by atoms with Crippen molar-refractivity contribution in [2.45, 2.75) is 37.1 Å². The van der Waals surface area contributed by atoms with Crippen LogP contribution in [0.25, 0.3) is 16.9 Å². The molecule has 2 aromatic heterocycles. The number of rotatable bonds is 5. The number of hydrogen-bond acceptors (Lipinski definition) is 7. The van der Waals surface area contributed by atoms with E-state index in [0.717, 1.165) is 22.7 Å². The Labute approximate surface area is 186 Å². The van der Waals surface area contributed by atoms with Crippen LogP contribution in [-0.4, -0.2) is 53.1 Å². The molecule has 8 heteroatoms. The van der Waals surface area contributed by atoms with Crippen LogP contribution in [0, 0.1) is 0 Å². The van der Waals surface area contributed by atoms with Crippen molar-refractivity contribution in [1.82, 2.24) is 14.8 Å². The lowest BCUT2D eigenvalue weighted by Crippen LogP contribution is -2.42. The van der Waals surface area contributed by atoms with Gasteiger partial charge in [0.25, 0.3) is 0 Å². The molecule has 0 bridgehead atoms. The Hall–Kier alpha value is -2.94. The third kappa shape index (κ3) is 3.64. The largest absolute Gasteiger partial charge is 0.497 e. The topological polar surface area (TPSA) is 87.9 Å². The molecule has 168 valence electrons. The first kappa shape index (κ1) is 20.9. The first-order valence-electron chi connectivity index (χ1n) is 10.8. The normalized spacial score (nSPS) is 19.2. The minimum absolute atomic E-state index is 0.496. The summed E-state index contributed by atoms with van der Waals surface area (Å²) in [6.45, 7) is 1.21. The van der Waals surface area contributed by atoms with Crippen LogP contribution >= 0.6 is 0 Å². The van der Waals surface area contributed by atoms with E-state index >= 15 is 0 Å². The van der Waals surface area contributed by atoms with Gasteiger partial charge in [-0.05, 0) is 55.3 Å². The van der Waals surface area contributed by atoms with Gasteiger partial charge in [-0.2, -0.15) is 5.10 Å². The van der Waals surface area contributed by atoms with Crippen molar-refractivity contribution < 1.29 is 24.1 Å². The molecule has 1 N–H and O–H groups in total. The van der Waals surface area contributed by atoms with Gasteiger partial charge >= 0.3 is 0 Å². The quantitative estimate of drug-likeness (QED) is 0.654. The molecule has 1 aliphatic carbocycles. The summed E-state index contributed by atoms with van der Waals surface area (Å²) in [4.78, 5) is 4.34. The number of ether oxygens (including phenoxy) is 4. The molecule has 1 aliphatic heterocycles. The second-order valence-corrected chi connectivity index (χ2v) is 8.22. The van der Waals surface area contributed by atoms with E-state index in [2.05, 4.69) is 4.98 Å². The zero-order valence-electron chi connectivity index (χ0n) is 18.3. The van der Waals surface area contributed by atoms with Crippen LogP contribution in [0.15, 0.2) is 48.7 Å². The standard InChI is InChI=1S/C24H27N3O5/c1-29-18-7-5-17(6-8-18)27-20(19-4-3-13-25-22(19)30-2)16-21(26-27)23(28)9-11-24(12-10-23)31-14-15-32-24/h3-8,13,16,28H,9-12,14-15H2,1-2H3. The van der Waals surface area contributed by atoms with Gasteiger partial charge in [-0.3, -0.25) is 0 Å². The number of benzene rings is 1. The molecule has 8 nitrogen and oxygen atoms in total. The van der Waals surface area contributed by atoms with Crippen LogP contribution in [0.4, 0.5) is 0 Å². The van der Waals surface area contributed by atoms with Crippen molar-refractivity contribution in [1.29, 1.82) is 0 Å². The van der Waals surface area contributed by atoms with Gasteiger partial charge in [0, 0.05) is 19.0 Å². The van der Waals surface area contributed by atoms with Crippen LogP contribution in [0.1, 0.15) is 31.4 Å². The van der Waals surface area contributed by atoms with E-state index in [1.807, 2.05) is 47.1 Å². The van der Waals surface area contributed by atoms with Crippen molar-refractivity contribution in [3.8, 4) is 28.6 Å². The fraction of sp³-hybridized carbons (Fsp3) is 0.417. The average molecular weight is 437 g/mol. The first-order valence-corrected chi connectivity index (χ1v) is 10.8. The first-order chi connectivity index (χ1) is 15.6. The summed E-state index contributed by atoms with van der Waals surface area (Å²) in [6, 6.07) is 13.4. The fourth-order valence-electron chi connectivity index (χ4n) is 4.56. The van der Waals surface area contributed by atoms with Gasteiger partial charge in [0.2, 0.25) is 5.88 Å². The van der Waals surface area contributed by atoms with Crippen LogP contribution < -0.4 is 9.47 Å². The lowest BCUT2D eigenvalue weighted by atomic mass is 9.79. The van der Waals surface area contributed by atoms with Crippen molar-refractivity contribution in [2.75, 3.05) is 27.4 Å². The van der Waals surface area contributed by atoms with E-state index in [1.165, 1.54) is 0 Å². The molecule has 1 saturated carbocycles. The summed E-state index contributed by atoms with van der Waals surface area (Å²) in [5, 5.41) is 16.4. The molecule has 5 rings (SSSR count). The van der Waals surface area contributed by atoms with Crippen LogP contribution in [-0.2, 0) is 15.1 Å². The number of nitrogens with zero attached hydrogens (tertiary/aromatic N) is 3. The number of aromatic nitrogens is 3. The van der Waals surface area contributed by atoms with Gasteiger partial charge in [-0.1, -0.05) is 0 Å². The average Bonchev–Trinajstić information content (AvgIpc) is 3.50. The summed E-state index contributed by atoms with van der Waals surface area (Å²) < 4.78 is 24.3. The second-order valence-electron chi connectivity index (χ2n) is 8.22. The highest BCUT2D eigenvalue weighted by Crippen LogP contribution is 2.45. The van der Waals surface area contributed by atoms with Gasteiger partial charge in [0.15, 0.2) is 5.79 Å². The summed E-state index contributed by atoms with van der Waals surface area (Å²) in [5.74, 6) is 0.700. The maximum atomic E-state index is 11.6. The minimum Gasteiger partial charge on any atom is -0.497 e. The maximum absolute atomic E-state index is 11.6. The zero-order valence-corrected chi connectivity index (χ0v) is 18.3. The Kier molecular flexibility index (Phi) is 5.36. The third-order valence-electron chi connectivity index (χ3n) is 6.40. The molecule has 3 aromatic rings. The SMILES string of the molecule is COc1ccc(-n2nc(C3(O)CCC4(CC3)OCCO4)cc2-c2cccnc2OC)cc1. The van der Waals surface area contributed by atoms with Crippen molar-refractivity contribution in [2.24, 2.45) is 0 Å². The molecule has 3 heterocycles. The predicted octanol–water partition coefficient (Wildman–Crippen LogP) is 3.46. The molecule has 32 heavy (non-hydrogen) atoms. The lowest BCUT2D eigenvalue weighted by Gasteiger charge is -2.39. The van der Waals surface area contributed by atoms with Gasteiger partial charge in [0.05, 0.1) is 50.1 Å². The van der Waals surface area contributed by atoms with Gasteiger partial charge in [0.1, 0.15) is 11.4 Å². The Bertz CT molecular complexity index is 1080. The maximum Gasteiger partial charge on any atom is 0.222 e. The molecule has 0 unspecified atom stereocenters. The van der Waals surface area contributed by atoms with Crippen molar-refractivity contribution in [3.63, 3.8) is 0 Å². The molecule has 0 amide bonds. The highest BCUT2D eigenvalue weighted by Gasteiger charge is 2.47. The fourth-order valence-corrected chi connectivity index (χ4v) is 4.56. The third-order valence-corrected chi connectivity index (χ3v) is 6.40. The Morgan fingerprint density at radius 2 is 1.69 bits per heavy atom. The van der Waals surface area contributed by atoms with Crippen LogP contribution in [0.5, 0.6) is 11.6 Å². The summed E-state index contributed by atoms with van der Waals surface area (Å²) in [6.07, 6.45) is 3.97. The van der Waals surface area contributed by atoms with Gasteiger partial charge < -0.3 is 24.1 Å². The van der Waals surface area contributed by atoms with Gasteiger partial charge in [-0.15, -0.1) is 0 Å². The molecule has 2 fully saturated rings. The Balaban J connectivity index is 1.56. The van der Waals surface area contributed by atoms with Crippen LogP contribution in [0.3, 0.4) is 0 Å². The number of aliphatic hydroxyl groups is 1. The monoisotopic (exact) mass is 437 g/mol. The molecular weight excluding hydrogens is 410 g/mol. The zero-order chi connectivity index (χ0) is 22.2. The molecule has 0 atom stereocenters. The van der Waals surface area contributed by atoms with E-state index in [4.69, 9.17) is 24.0 Å². The smallest absolute Gasteiger partial charge is 0.222 e. The lowest BCUT2D eigenvalue weighted by molar-refractivity contribution is -0.204. The van der Waals surface area contributed by atoms with Crippen LogP contribution in [0.2, 0.25) is 0 Å². The van der Waals surface area contributed by atoms with E-state index in [-0.39, 0.29) is 0 Å². The van der Waals surface area contributed by atoms with Gasteiger partial charge in [-0.25, -0.2) is 9.67 Å².